The molecule has 0 saturated carbocycles. The predicted molar refractivity (Wildman–Crippen MR) is 139 cm³/mol. The second-order valence-electron chi connectivity index (χ2n) is 9.33. The van der Waals surface area contributed by atoms with E-state index in [2.05, 4.69) is 6.92 Å². The van der Waals surface area contributed by atoms with Crippen molar-refractivity contribution in [2.45, 2.75) is 122 Å². The third-order valence-corrected chi connectivity index (χ3v) is 6.54. The molecule has 7 heteroatoms. The van der Waals surface area contributed by atoms with Crippen LogP contribution in [0.2, 0.25) is 0 Å². The van der Waals surface area contributed by atoms with Gasteiger partial charge in [-0.1, -0.05) is 103 Å². The predicted octanol–water partition coefficient (Wildman–Crippen LogP) is 7.39. The van der Waals surface area contributed by atoms with E-state index in [1.807, 2.05) is 19.0 Å². The van der Waals surface area contributed by atoms with Crippen LogP contribution >= 0.6 is 8.60 Å². The van der Waals surface area contributed by atoms with E-state index in [-0.39, 0.29) is 5.97 Å². The molecule has 198 valence electrons. The van der Waals surface area contributed by atoms with Gasteiger partial charge in [0.15, 0.2) is 0 Å². The summed E-state index contributed by atoms with van der Waals surface area (Å²) in [6.45, 7) is 4.11. The molecular weight excluding hydrogens is 437 g/mol. The van der Waals surface area contributed by atoms with E-state index in [9.17, 15) is 9.69 Å². The molecule has 33 heavy (non-hydrogen) atoms. The van der Waals surface area contributed by atoms with Crippen molar-refractivity contribution in [3.05, 3.63) is 0 Å². The van der Waals surface area contributed by atoms with Gasteiger partial charge in [0, 0.05) is 19.4 Å². The molecule has 0 aromatic heterocycles. The molecule has 0 amide bonds. The molecule has 1 N–H and O–H groups in total. The van der Waals surface area contributed by atoms with Gasteiger partial charge in [-0.3, -0.25) is 4.79 Å². The van der Waals surface area contributed by atoms with Gasteiger partial charge in [0.05, 0.1) is 19.8 Å². The average Bonchev–Trinajstić information content (AvgIpc) is 2.78. The van der Waals surface area contributed by atoms with Crippen LogP contribution in [0.4, 0.5) is 0 Å². The van der Waals surface area contributed by atoms with Crippen molar-refractivity contribution in [1.82, 2.24) is 4.90 Å². The SMILES string of the molecule is CCCCCCCCCCCCCCCCCCC(=O)OCCCOP(O)OCCN(C)C. The first-order valence-electron chi connectivity index (χ1n) is 13.6. The van der Waals surface area contributed by atoms with Gasteiger partial charge in [-0.2, -0.15) is 0 Å². The molecular formula is C26H54NO5P. The van der Waals surface area contributed by atoms with Crippen molar-refractivity contribution >= 4 is 14.6 Å². The smallest absolute Gasteiger partial charge is 0.329 e. The first-order valence-corrected chi connectivity index (χ1v) is 14.7. The number of carbonyl (C=O) groups excluding carboxylic acids is 1. The van der Waals surface area contributed by atoms with Gasteiger partial charge in [0.25, 0.3) is 0 Å². The van der Waals surface area contributed by atoms with E-state index >= 15 is 0 Å². The lowest BCUT2D eigenvalue weighted by Crippen LogP contribution is -2.17. The van der Waals surface area contributed by atoms with E-state index < -0.39 is 8.60 Å². The number of unbranched alkanes of at least 4 members (excludes halogenated alkanes) is 15. The molecule has 0 aliphatic heterocycles. The maximum Gasteiger partial charge on any atom is 0.329 e. The lowest BCUT2D eigenvalue weighted by atomic mass is 10.0. The first-order chi connectivity index (χ1) is 16.1. The first kappa shape index (κ1) is 32.7. The monoisotopic (exact) mass is 491 g/mol. The summed E-state index contributed by atoms with van der Waals surface area (Å²) >= 11 is 0. The summed E-state index contributed by atoms with van der Waals surface area (Å²) in [5.74, 6) is -0.131. The fourth-order valence-corrected chi connectivity index (χ4v) is 4.21. The molecule has 1 unspecified atom stereocenters. The summed E-state index contributed by atoms with van der Waals surface area (Å²) in [7, 11) is 2.05. The van der Waals surface area contributed by atoms with Crippen LogP contribution in [0.5, 0.6) is 0 Å². The van der Waals surface area contributed by atoms with Crippen molar-refractivity contribution in [2.75, 3.05) is 40.5 Å². The summed E-state index contributed by atoms with van der Waals surface area (Å²) in [6, 6.07) is 0. The zero-order valence-corrected chi connectivity index (χ0v) is 22.9. The van der Waals surface area contributed by atoms with Crippen LogP contribution in [-0.4, -0.2) is 56.2 Å². The number of nitrogens with zero attached hydrogens (tertiary/aromatic N) is 1. The fourth-order valence-electron chi connectivity index (χ4n) is 3.62. The summed E-state index contributed by atoms with van der Waals surface area (Å²) in [5, 5.41) is 0. The highest BCUT2D eigenvalue weighted by Crippen LogP contribution is 2.32. The normalized spacial score (nSPS) is 12.4. The van der Waals surface area contributed by atoms with E-state index in [1.165, 1.54) is 89.9 Å². The van der Waals surface area contributed by atoms with Crippen LogP contribution in [-0.2, 0) is 18.6 Å². The van der Waals surface area contributed by atoms with Crippen molar-refractivity contribution in [2.24, 2.45) is 0 Å². The zero-order chi connectivity index (χ0) is 24.4. The Morgan fingerprint density at radius 2 is 1.12 bits per heavy atom. The standard InChI is InChI=1S/C26H54NO5P/c1-4-5-6-7-8-9-10-11-12-13-14-15-16-17-18-19-21-26(28)30-23-20-24-31-33(29)32-25-22-27(2)3/h29H,4-25H2,1-3H3. The van der Waals surface area contributed by atoms with Gasteiger partial charge in [0.1, 0.15) is 0 Å². The molecule has 6 nitrogen and oxygen atoms in total. The van der Waals surface area contributed by atoms with Crippen LogP contribution in [0.1, 0.15) is 122 Å². The number of esters is 1. The molecule has 0 radical (unpaired) electrons. The average molecular weight is 492 g/mol. The maximum absolute atomic E-state index is 11.8. The molecule has 0 aliphatic carbocycles. The van der Waals surface area contributed by atoms with Crippen LogP contribution < -0.4 is 0 Å². The summed E-state index contributed by atoms with van der Waals surface area (Å²) in [5.41, 5.74) is 0. The minimum Gasteiger partial charge on any atom is -0.466 e. The summed E-state index contributed by atoms with van der Waals surface area (Å²) in [6.07, 6.45) is 22.3. The molecule has 0 saturated heterocycles. The van der Waals surface area contributed by atoms with Gasteiger partial charge in [-0.05, 0) is 20.5 Å². The Hall–Kier alpha value is -0.260. The highest BCUT2D eigenvalue weighted by Gasteiger charge is 2.07. The molecule has 0 rings (SSSR count). The molecule has 0 aliphatic rings. The Morgan fingerprint density at radius 1 is 0.667 bits per heavy atom. The largest absolute Gasteiger partial charge is 0.466 e. The number of ether oxygens (including phenoxy) is 1. The van der Waals surface area contributed by atoms with E-state index in [0.717, 1.165) is 19.4 Å². The third-order valence-electron chi connectivity index (χ3n) is 5.73. The lowest BCUT2D eigenvalue weighted by molar-refractivity contribution is -0.144. The Balaban J connectivity index is 3.23. The molecule has 0 bridgehead atoms. The zero-order valence-electron chi connectivity index (χ0n) is 22.0. The summed E-state index contributed by atoms with van der Waals surface area (Å²) in [4.78, 5) is 23.3. The van der Waals surface area contributed by atoms with Gasteiger partial charge in [-0.15, -0.1) is 0 Å². The van der Waals surface area contributed by atoms with E-state index in [0.29, 0.717) is 32.7 Å². The lowest BCUT2D eigenvalue weighted by Gasteiger charge is -2.13. The number of likely N-dealkylation sites (N-methyl/N-ethyl adjacent to an activating group) is 1. The quantitative estimate of drug-likeness (QED) is 0.0773. The topological polar surface area (TPSA) is 68.2 Å². The fraction of sp³-hybridized carbons (Fsp3) is 0.962. The number of hydrogen-bond acceptors (Lipinski definition) is 6. The third kappa shape index (κ3) is 27.9. The van der Waals surface area contributed by atoms with E-state index in [1.54, 1.807) is 0 Å². The number of rotatable bonds is 26. The Bertz CT molecular complexity index is 412. The van der Waals surface area contributed by atoms with Gasteiger partial charge in [-0.25, -0.2) is 0 Å². The second-order valence-corrected chi connectivity index (χ2v) is 10.3. The van der Waals surface area contributed by atoms with Crippen LogP contribution in [0.15, 0.2) is 0 Å². The van der Waals surface area contributed by atoms with Crippen LogP contribution in [0.25, 0.3) is 0 Å². The van der Waals surface area contributed by atoms with Crippen molar-refractivity contribution in [3.63, 3.8) is 0 Å². The molecule has 1 atom stereocenters. The van der Waals surface area contributed by atoms with Crippen molar-refractivity contribution in [1.29, 1.82) is 0 Å². The highest BCUT2D eigenvalue weighted by atomic mass is 31.2. The molecule has 0 fully saturated rings. The Morgan fingerprint density at radius 3 is 1.61 bits per heavy atom. The number of carbonyl (C=O) groups is 1. The van der Waals surface area contributed by atoms with Gasteiger partial charge in [0.2, 0.25) is 0 Å². The minimum atomic E-state index is -1.84. The highest BCUT2D eigenvalue weighted by molar-refractivity contribution is 7.40. The minimum absolute atomic E-state index is 0.131. The molecule has 0 aromatic carbocycles. The maximum atomic E-state index is 11.8. The molecule has 0 heterocycles. The summed E-state index contributed by atoms with van der Waals surface area (Å²) < 4.78 is 15.6. The van der Waals surface area contributed by atoms with Crippen LogP contribution in [0, 0.1) is 0 Å². The number of hydrogen-bond donors (Lipinski definition) is 1. The van der Waals surface area contributed by atoms with Gasteiger partial charge < -0.3 is 23.6 Å². The second kappa shape index (κ2) is 26.3. The van der Waals surface area contributed by atoms with Crippen molar-refractivity contribution in [3.8, 4) is 0 Å². The Kier molecular flexibility index (Phi) is 26.1. The van der Waals surface area contributed by atoms with Crippen molar-refractivity contribution < 1.29 is 23.5 Å². The Labute approximate surface area is 206 Å². The van der Waals surface area contributed by atoms with E-state index in [4.69, 9.17) is 13.8 Å². The molecule has 0 spiro atoms. The van der Waals surface area contributed by atoms with Gasteiger partial charge >= 0.3 is 14.6 Å². The van der Waals surface area contributed by atoms with Crippen LogP contribution in [0.3, 0.4) is 0 Å². The molecule has 0 aromatic rings.